The Kier molecular flexibility index (Phi) is 7.22. The van der Waals surface area contributed by atoms with Gasteiger partial charge in [0.05, 0.1) is 0 Å². The molecule has 0 saturated heterocycles. The largest absolute Gasteiger partial charge is 0.318 e. The Morgan fingerprint density at radius 2 is 1.00 bits per heavy atom. The summed E-state index contributed by atoms with van der Waals surface area (Å²) in [6, 6.07) is 7.09. The van der Waals surface area contributed by atoms with Crippen LogP contribution in [0.2, 0.25) is 0 Å². The van der Waals surface area contributed by atoms with Gasteiger partial charge in [0.25, 0.3) is 10.3 Å². The van der Waals surface area contributed by atoms with Crippen LogP contribution in [0.25, 0.3) is 0 Å². The summed E-state index contributed by atoms with van der Waals surface area (Å²) in [5.74, 6) is 1.88. The number of hydrogen-bond donors (Lipinski definition) is 0. The molecule has 1 aliphatic heterocycles. The van der Waals surface area contributed by atoms with Crippen molar-refractivity contribution in [2.75, 3.05) is 0 Å². The van der Waals surface area contributed by atoms with Crippen LogP contribution >= 0.6 is 0 Å². The lowest BCUT2D eigenvalue weighted by molar-refractivity contribution is 0.626. The molecule has 0 N–H and O–H groups in total. The highest BCUT2D eigenvalue weighted by atomic mass is 32.2. The first kappa shape index (κ1) is 19.2. The summed E-state index contributed by atoms with van der Waals surface area (Å²) < 4.78 is 19.7. The molecule has 0 amide bonds. The summed E-state index contributed by atoms with van der Waals surface area (Å²) in [5.41, 5.74) is 4.43. The van der Waals surface area contributed by atoms with E-state index in [0.717, 1.165) is 0 Å². The van der Waals surface area contributed by atoms with Crippen molar-refractivity contribution in [3.8, 4) is 0 Å². The summed E-state index contributed by atoms with van der Waals surface area (Å²) in [6.45, 7) is 13.6. The minimum absolute atomic E-state index is 0.370. The summed E-state index contributed by atoms with van der Waals surface area (Å²) in [4.78, 5) is 0. The van der Waals surface area contributed by atoms with Crippen molar-refractivity contribution in [2.24, 2.45) is 20.7 Å². The van der Waals surface area contributed by atoms with E-state index < -0.39 is 10.3 Å². The standard InChI is InChI=1S/C15H24.CN4O2S/c1-10(2)13-7-14(11(3)4)9-15(8-13)12(5)6;6-8(7)1-2-4-5-3-1/h7-12H,1-6H3;. The van der Waals surface area contributed by atoms with Crippen LogP contribution in [0.1, 0.15) is 76.0 Å². The van der Waals surface area contributed by atoms with Crippen molar-refractivity contribution in [2.45, 2.75) is 59.3 Å². The smallest absolute Gasteiger partial charge is 0.180 e. The van der Waals surface area contributed by atoms with Crippen molar-refractivity contribution in [3.05, 3.63) is 34.9 Å². The van der Waals surface area contributed by atoms with Crippen LogP contribution < -0.4 is 0 Å². The molecule has 2 rings (SSSR count). The monoisotopic (exact) mass is 336 g/mol. The van der Waals surface area contributed by atoms with Crippen LogP contribution in [-0.4, -0.2) is 13.5 Å². The maximum absolute atomic E-state index is 9.86. The lowest BCUT2D eigenvalue weighted by atomic mass is 9.90. The molecule has 1 aromatic rings. The molecule has 0 radical (unpaired) electrons. The number of benzene rings is 1. The maximum Gasteiger partial charge on any atom is 0.318 e. The number of nitrogens with zero attached hydrogens (tertiary/aromatic N) is 4. The van der Waals surface area contributed by atoms with Gasteiger partial charge in [0, 0.05) is 0 Å². The average Bonchev–Trinajstić information content (AvgIpc) is 3.01. The quantitative estimate of drug-likeness (QED) is 0.740. The molecule has 0 atom stereocenters. The predicted molar refractivity (Wildman–Crippen MR) is 92.3 cm³/mol. The Bertz CT molecular complexity index is 646. The van der Waals surface area contributed by atoms with Gasteiger partial charge in [-0.15, -0.1) is 0 Å². The van der Waals surface area contributed by atoms with Gasteiger partial charge in [-0.1, -0.05) is 70.0 Å². The summed E-state index contributed by atoms with van der Waals surface area (Å²) >= 11 is 0. The first-order valence-electron chi connectivity index (χ1n) is 7.65. The van der Waals surface area contributed by atoms with Gasteiger partial charge in [-0.05, 0) is 44.9 Å². The first-order chi connectivity index (χ1) is 10.7. The van der Waals surface area contributed by atoms with E-state index in [2.05, 4.69) is 80.4 Å². The molecule has 23 heavy (non-hydrogen) atoms. The van der Waals surface area contributed by atoms with Crippen LogP contribution in [0.3, 0.4) is 0 Å². The van der Waals surface area contributed by atoms with Crippen molar-refractivity contribution in [3.63, 3.8) is 0 Å². The molecule has 0 saturated carbocycles. The third-order valence-electron chi connectivity index (χ3n) is 3.45. The van der Waals surface area contributed by atoms with Crippen molar-refractivity contribution >= 4 is 15.4 Å². The highest BCUT2D eigenvalue weighted by Crippen LogP contribution is 2.26. The molecule has 0 aliphatic carbocycles. The van der Waals surface area contributed by atoms with E-state index in [-0.39, 0.29) is 5.11 Å². The van der Waals surface area contributed by atoms with Crippen LogP contribution in [0.5, 0.6) is 0 Å². The van der Waals surface area contributed by atoms with Crippen LogP contribution in [0.15, 0.2) is 38.9 Å². The molecular formula is C16H24N4O2S. The van der Waals surface area contributed by atoms with Gasteiger partial charge in [0.1, 0.15) is 0 Å². The van der Waals surface area contributed by atoms with Gasteiger partial charge in [-0.2, -0.15) is 8.42 Å². The summed E-state index contributed by atoms with van der Waals surface area (Å²) in [5, 5.41) is 11.6. The zero-order chi connectivity index (χ0) is 17.6. The highest BCUT2D eigenvalue weighted by molar-refractivity contribution is 7.72. The van der Waals surface area contributed by atoms with Gasteiger partial charge in [-0.25, -0.2) is 0 Å². The van der Waals surface area contributed by atoms with E-state index in [0.29, 0.717) is 17.8 Å². The molecule has 0 bridgehead atoms. The van der Waals surface area contributed by atoms with Gasteiger partial charge in [0.15, 0.2) is 0 Å². The molecule has 0 spiro atoms. The SMILES string of the molecule is CC(C)c1cc(C(C)C)cc(C(C)C)c1.O=S(=O)=C1N=NN=N1. The van der Waals surface area contributed by atoms with Crippen LogP contribution in [0.4, 0.5) is 0 Å². The normalized spacial score (nSPS) is 13.0. The molecule has 1 aromatic carbocycles. The van der Waals surface area contributed by atoms with Crippen molar-refractivity contribution in [1.29, 1.82) is 0 Å². The van der Waals surface area contributed by atoms with Crippen molar-refractivity contribution < 1.29 is 8.42 Å². The second-order valence-electron chi connectivity index (χ2n) is 6.29. The number of hydrogen-bond acceptors (Lipinski definition) is 4. The van der Waals surface area contributed by atoms with E-state index in [1.807, 2.05) is 0 Å². The Labute approximate surface area is 139 Å². The Balaban J connectivity index is 0.000000277. The fraction of sp³-hybridized carbons (Fsp3) is 0.562. The van der Waals surface area contributed by atoms with Gasteiger partial charge < -0.3 is 0 Å². The van der Waals surface area contributed by atoms with Gasteiger partial charge >= 0.3 is 5.11 Å². The van der Waals surface area contributed by atoms with Gasteiger partial charge in [0.2, 0.25) is 0 Å². The third kappa shape index (κ3) is 6.02. The van der Waals surface area contributed by atoms with E-state index >= 15 is 0 Å². The Morgan fingerprint density at radius 1 is 0.696 bits per heavy atom. The molecule has 126 valence electrons. The molecule has 0 unspecified atom stereocenters. The van der Waals surface area contributed by atoms with E-state index in [4.69, 9.17) is 0 Å². The fourth-order valence-corrected chi connectivity index (χ4v) is 2.11. The lowest BCUT2D eigenvalue weighted by Gasteiger charge is -2.16. The third-order valence-corrected chi connectivity index (χ3v) is 3.91. The molecule has 6 nitrogen and oxygen atoms in total. The molecule has 1 aliphatic rings. The average molecular weight is 336 g/mol. The minimum Gasteiger partial charge on any atom is -0.180 e. The topological polar surface area (TPSA) is 83.6 Å². The Hall–Kier alpha value is -1.89. The number of rotatable bonds is 3. The van der Waals surface area contributed by atoms with E-state index in [1.165, 1.54) is 16.7 Å². The molecule has 0 aromatic heterocycles. The maximum atomic E-state index is 9.86. The van der Waals surface area contributed by atoms with Crippen molar-refractivity contribution in [1.82, 2.24) is 0 Å². The van der Waals surface area contributed by atoms with E-state index in [1.54, 1.807) is 0 Å². The van der Waals surface area contributed by atoms with E-state index in [9.17, 15) is 8.42 Å². The zero-order valence-electron chi connectivity index (χ0n) is 14.5. The second-order valence-corrected chi connectivity index (χ2v) is 7.13. The molecule has 0 fully saturated rings. The highest BCUT2D eigenvalue weighted by Gasteiger charge is 2.08. The molecular weight excluding hydrogens is 312 g/mol. The zero-order valence-corrected chi connectivity index (χ0v) is 15.3. The Morgan fingerprint density at radius 3 is 1.17 bits per heavy atom. The molecule has 1 heterocycles. The first-order valence-corrected chi connectivity index (χ1v) is 8.72. The second kappa shape index (κ2) is 8.67. The lowest BCUT2D eigenvalue weighted by Crippen LogP contribution is -1.98. The fourth-order valence-electron chi connectivity index (χ4n) is 1.91. The van der Waals surface area contributed by atoms with Crippen LogP contribution in [-0.2, 0) is 10.3 Å². The summed E-state index contributed by atoms with van der Waals surface area (Å²) in [7, 11) is -2.40. The van der Waals surface area contributed by atoms with Gasteiger partial charge in [-0.3, -0.25) is 0 Å². The predicted octanol–water partition coefficient (Wildman–Crippen LogP) is 4.84. The van der Waals surface area contributed by atoms with Crippen LogP contribution in [0, 0.1) is 0 Å². The minimum atomic E-state index is -2.40. The summed E-state index contributed by atoms with van der Waals surface area (Å²) in [6.07, 6.45) is 0. The molecule has 7 heteroatoms.